The minimum Gasteiger partial charge on any atom is -0.307 e. The summed E-state index contributed by atoms with van der Waals surface area (Å²) in [4.78, 5) is 61.3. The molecule has 7 heterocycles. The summed E-state index contributed by atoms with van der Waals surface area (Å²) < 4.78 is 4.48. The van der Waals surface area contributed by atoms with Gasteiger partial charge in [0.1, 0.15) is 46.6 Å². The number of nitriles is 1. The van der Waals surface area contributed by atoms with Crippen molar-refractivity contribution in [1.29, 1.82) is 5.26 Å². The van der Waals surface area contributed by atoms with Crippen LogP contribution in [0.15, 0.2) is 109 Å². The monoisotopic (exact) mass is 938 g/mol. The van der Waals surface area contributed by atoms with Gasteiger partial charge >= 0.3 is 0 Å². The molecule has 0 fully saturated rings. The normalized spacial score (nSPS) is 11.6. The first-order chi connectivity index (χ1) is 34.8. The van der Waals surface area contributed by atoms with Crippen molar-refractivity contribution in [2.45, 2.75) is 55.4 Å². The number of aryl methyl sites for hydroxylation is 8. The van der Waals surface area contributed by atoms with E-state index in [1.165, 1.54) is 0 Å². The van der Waals surface area contributed by atoms with Crippen molar-refractivity contribution in [2.24, 2.45) is 0 Å². The molecule has 12 aromatic rings. The number of hydrogen-bond donors (Lipinski definition) is 0. The molecule has 0 N–H and O–H groups in total. The first-order valence-corrected chi connectivity index (χ1v) is 23.3. The van der Waals surface area contributed by atoms with Crippen molar-refractivity contribution in [3.8, 4) is 74.1 Å². The predicted molar refractivity (Wildman–Crippen MR) is 276 cm³/mol. The number of benzene rings is 5. The lowest BCUT2D eigenvalue weighted by atomic mass is 10.0. The van der Waals surface area contributed by atoms with Crippen LogP contribution in [0.5, 0.6) is 0 Å². The molecule has 12 rings (SSSR count). The van der Waals surface area contributed by atoms with E-state index in [1.54, 1.807) is 0 Å². The summed E-state index contributed by atoms with van der Waals surface area (Å²) in [7, 11) is 0. The zero-order valence-corrected chi connectivity index (χ0v) is 40.5. The number of nitrogens with zero attached hydrogens (tertiary/aromatic N) is 16. The molecule has 0 saturated heterocycles. The van der Waals surface area contributed by atoms with E-state index in [9.17, 15) is 5.26 Å². The Morgan fingerprint density at radius 2 is 0.653 bits per heavy atom. The Balaban J connectivity index is 1.23. The molecule has 72 heavy (non-hydrogen) atoms. The number of aromatic nitrogens is 15. The van der Waals surface area contributed by atoms with E-state index in [1.807, 2.05) is 92.0 Å². The molecule has 0 atom stereocenters. The Morgan fingerprint density at radius 1 is 0.347 bits per heavy atom. The van der Waals surface area contributed by atoms with Gasteiger partial charge in [-0.15, -0.1) is 0 Å². The van der Waals surface area contributed by atoms with Crippen LogP contribution in [-0.4, -0.2) is 73.9 Å². The lowest BCUT2D eigenvalue weighted by Gasteiger charge is -2.20. The maximum Gasteiger partial charge on any atom is 0.163 e. The fourth-order valence-corrected chi connectivity index (χ4v) is 9.91. The number of hydrogen-bond acceptors (Lipinski definition) is 14. The molecule has 0 aliphatic rings. The molecule has 0 bridgehead atoms. The maximum absolute atomic E-state index is 10.5. The molecule has 0 aliphatic heterocycles. The van der Waals surface area contributed by atoms with E-state index in [2.05, 4.69) is 108 Å². The molecule has 0 radical (unpaired) electrons. The fourth-order valence-electron chi connectivity index (χ4n) is 9.91. The van der Waals surface area contributed by atoms with Crippen molar-refractivity contribution < 1.29 is 0 Å². The molecule has 0 amide bonds. The molecule has 346 valence electrons. The van der Waals surface area contributed by atoms with Gasteiger partial charge in [-0.3, -0.25) is 4.98 Å². The third-order valence-corrected chi connectivity index (χ3v) is 12.7. The Labute approximate surface area is 412 Å². The predicted octanol–water partition coefficient (Wildman–Crippen LogP) is 10.7. The Bertz CT molecular complexity index is 3750. The molecule has 0 aliphatic carbocycles. The summed E-state index contributed by atoms with van der Waals surface area (Å²) in [6, 6.07) is 35.3. The van der Waals surface area contributed by atoms with E-state index < -0.39 is 0 Å². The number of pyridine rings is 1. The molecular weight excluding hydrogens is 897 g/mol. The van der Waals surface area contributed by atoms with Crippen LogP contribution in [0.2, 0.25) is 0 Å². The molecular formula is C56H42N16. The summed E-state index contributed by atoms with van der Waals surface area (Å²) >= 11 is 0. The lowest BCUT2D eigenvalue weighted by molar-refractivity contribution is 0.928. The van der Waals surface area contributed by atoms with Crippen LogP contribution < -0.4 is 0 Å². The standard InChI is InChI=1S/C56H42N16/c1-28-59-29(2)64-53(63-28)38-12-16-42-43-17-13-39(54-65-30(3)60-31(4)66-54)22-47(43)71(46(42)21-38)50-26-58-27-51(52(50)37-11-9-10-36(20-37)25-57)72-48-23-40(55-67-32(5)61-33(6)68-55)14-18-44(48)45-19-15-41(24-49(45)72)56-69-34(7)62-35(8)70-56/h9-24,26-27H,1-8H3. The Morgan fingerprint density at radius 3 is 0.944 bits per heavy atom. The molecule has 0 spiro atoms. The zero-order valence-electron chi connectivity index (χ0n) is 40.5. The maximum atomic E-state index is 10.5. The number of fused-ring (bicyclic) bond motifs is 6. The Hall–Kier alpha value is -9.62. The third kappa shape index (κ3) is 7.51. The minimum atomic E-state index is 0.502. The highest BCUT2D eigenvalue weighted by atomic mass is 15.1. The summed E-state index contributed by atoms with van der Waals surface area (Å²) in [5.41, 5.74) is 10.4. The van der Waals surface area contributed by atoms with E-state index in [4.69, 9.17) is 44.9 Å². The van der Waals surface area contributed by atoms with Crippen molar-refractivity contribution in [3.05, 3.63) is 162 Å². The smallest absolute Gasteiger partial charge is 0.163 e. The second-order valence-electron chi connectivity index (χ2n) is 17.9. The number of rotatable bonds is 7. The summed E-state index contributed by atoms with van der Waals surface area (Å²) in [6.07, 6.45) is 3.78. The molecule has 16 heteroatoms. The van der Waals surface area contributed by atoms with Crippen LogP contribution in [0.25, 0.3) is 112 Å². The van der Waals surface area contributed by atoms with Crippen LogP contribution in [0.1, 0.15) is 52.2 Å². The Kier molecular flexibility index (Phi) is 10.2. The first-order valence-electron chi connectivity index (χ1n) is 23.3. The van der Waals surface area contributed by atoms with Gasteiger partial charge in [-0.1, -0.05) is 60.7 Å². The first kappa shape index (κ1) is 43.6. The molecule has 0 saturated carbocycles. The van der Waals surface area contributed by atoms with E-state index in [0.29, 0.717) is 75.5 Å². The topological polar surface area (TPSA) is 201 Å². The summed E-state index contributed by atoms with van der Waals surface area (Å²) in [5, 5.41) is 14.4. The van der Waals surface area contributed by atoms with E-state index in [0.717, 1.165) is 88.4 Å². The van der Waals surface area contributed by atoms with Crippen LogP contribution in [0.4, 0.5) is 0 Å². The van der Waals surface area contributed by atoms with Gasteiger partial charge in [0, 0.05) is 49.4 Å². The summed E-state index contributed by atoms with van der Waals surface area (Å²) in [6.45, 7) is 15.0. The van der Waals surface area contributed by atoms with Crippen LogP contribution >= 0.6 is 0 Å². The molecule has 7 aromatic heterocycles. The average Bonchev–Trinajstić information content (AvgIpc) is 3.86. The van der Waals surface area contributed by atoms with Gasteiger partial charge in [0.15, 0.2) is 23.3 Å². The summed E-state index contributed by atoms with van der Waals surface area (Å²) in [5.74, 6) is 7.26. The van der Waals surface area contributed by atoms with Crippen LogP contribution in [0.3, 0.4) is 0 Å². The molecule has 0 unspecified atom stereocenters. The largest absolute Gasteiger partial charge is 0.307 e. The highest BCUT2D eigenvalue weighted by Crippen LogP contribution is 2.44. The SMILES string of the molecule is Cc1nc(C)nc(-c2ccc3c4ccc(-c5nc(C)nc(C)n5)cc4n(-c4cncc(-n5c6cc(-c7nc(C)nc(C)n7)ccc6c6ccc(-c7nc(C)nc(C)n7)cc65)c4-c4cccc(C#N)c4)c3c2)n1. The molecule has 5 aromatic carbocycles. The van der Waals surface area contributed by atoms with Crippen molar-refractivity contribution in [2.75, 3.05) is 0 Å². The van der Waals surface area contributed by atoms with Gasteiger partial charge in [-0.05, 0) is 97.4 Å². The lowest BCUT2D eigenvalue weighted by Crippen LogP contribution is -2.06. The average molecular weight is 939 g/mol. The van der Waals surface area contributed by atoms with Gasteiger partial charge in [0.05, 0.1) is 57.5 Å². The zero-order chi connectivity index (χ0) is 49.5. The van der Waals surface area contributed by atoms with Gasteiger partial charge < -0.3 is 9.13 Å². The quantitative estimate of drug-likeness (QED) is 0.146. The van der Waals surface area contributed by atoms with Gasteiger partial charge in [-0.2, -0.15) is 5.26 Å². The van der Waals surface area contributed by atoms with Crippen LogP contribution in [-0.2, 0) is 0 Å². The molecule has 16 nitrogen and oxygen atoms in total. The second-order valence-corrected chi connectivity index (χ2v) is 17.9. The highest BCUT2D eigenvalue weighted by Gasteiger charge is 2.25. The van der Waals surface area contributed by atoms with Crippen LogP contribution in [0, 0.1) is 66.7 Å². The van der Waals surface area contributed by atoms with Crippen molar-refractivity contribution >= 4 is 43.6 Å². The van der Waals surface area contributed by atoms with Gasteiger partial charge in [0.25, 0.3) is 0 Å². The van der Waals surface area contributed by atoms with Crippen molar-refractivity contribution in [3.63, 3.8) is 0 Å². The van der Waals surface area contributed by atoms with Gasteiger partial charge in [0.2, 0.25) is 0 Å². The van der Waals surface area contributed by atoms with E-state index >= 15 is 0 Å². The highest BCUT2D eigenvalue weighted by molar-refractivity contribution is 6.13. The third-order valence-electron chi connectivity index (χ3n) is 12.7. The van der Waals surface area contributed by atoms with Gasteiger partial charge in [-0.25, -0.2) is 59.8 Å². The van der Waals surface area contributed by atoms with E-state index in [-0.39, 0.29) is 0 Å². The van der Waals surface area contributed by atoms with Crippen molar-refractivity contribution in [1.82, 2.24) is 73.9 Å². The minimum absolute atomic E-state index is 0.502. The fraction of sp³-hybridized carbons (Fsp3) is 0.143. The second kappa shape index (κ2) is 16.8.